The lowest BCUT2D eigenvalue weighted by molar-refractivity contribution is -0.672. The molecule has 23 heavy (non-hydrogen) atoms. The van der Waals surface area contributed by atoms with E-state index in [1.54, 1.807) is 24.0 Å². The van der Waals surface area contributed by atoms with Gasteiger partial charge in [0.05, 0.1) is 13.7 Å². The first kappa shape index (κ1) is 21.6. The quantitative estimate of drug-likeness (QED) is 0.178. The number of nitrogens with zero attached hydrogens (tertiary/aromatic N) is 4. The summed E-state index contributed by atoms with van der Waals surface area (Å²) in [6.07, 6.45) is 4.41. The van der Waals surface area contributed by atoms with Gasteiger partial charge in [-0.05, 0) is 0 Å². The minimum Gasteiger partial charge on any atom is -1.00 e. The molecule has 0 aromatic carbocycles. The Labute approximate surface area is 137 Å². The van der Waals surface area contributed by atoms with Crippen LogP contribution in [0.2, 0.25) is 0 Å². The molecule has 1 heterocycles. The number of ether oxygens (including phenoxy) is 1. The smallest absolute Gasteiger partial charge is 0.511 e. The Hall–Kier alpha value is -1.37. The summed E-state index contributed by atoms with van der Waals surface area (Å²) >= 11 is 0. The minimum atomic E-state index is -5.35. The van der Waals surface area contributed by atoms with Crippen LogP contribution in [0.1, 0.15) is 5.82 Å². The molecule has 0 aliphatic heterocycles. The third kappa shape index (κ3) is 5.34. The van der Waals surface area contributed by atoms with Crippen molar-refractivity contribution < 1.29 is 48.5 Å². The van der Waals surface area contributed by atoms with Crippen molar-refractivity contribution in [1.82, 2.24) is 8.87 Å². The molecule has 13 heteroatoms. The van der Waals surface area contributed by atoms with Gasteiger partial charge in [0.2, 0.25) is 0 Å². The number of oxime groups is 1. The summed E-state index contributed by atoms with van der Waals surface area (Å²) in [5, 5.41) is 11.4. The first-order valence-electron chi connectivity index (χ1n) is 5.94. The lowest BCUT2D eigenvalue weighted by Gasteiger charge is -2.18. The highest BCUT2D eigenvalue weighted by atomic mass is 35.5. The number of hydrogen-bond acceptors (Lipinski definition) is 5. The van der Waals surface area contributed by atoms with Crippen LogP contribution in [-0.2, 0) is 28.5 Å². The molecule has 0 bridgehead atoms. The molecule has 8 nitrogen and oxygen atoms in total. The van der Waals surface area contributed by atoms with Crippen molar-refractivity contribution >= 4 is 16.2 Å². The van der Waals surface area contributed by atoms with Crippen LogP contribution < -0.4 is 17.0 Å². The molecular formula is C10H16ClF3N4O4S. The number of alkyl halides is 3. The molecule has 0 atom stereocenters. The van der Waals surface area contributed by atoms with Crippen molar-refractivity contribution in [2.75, 3.05) is 20.2 Å². The molecule has 0 unspecified atom stereocenters. The van der Waals surface area contributed by atoms with Gasteiger partial charge in [0.15, 0.2) is 12.9 Å². The molecule has 0 fully saturated rings. The van der Waals surface area contributed by atoms with E-state index in [9.17, 15) is 21.6 Å². The van der Waals surface area contributed by atoms with Gasteiger partial charge in [-0.3, -0.25) is 0 Å². The Kier molecular flexibility index (Phi) is 7.97. The normalized spacial score (nSPS) is 12.8. The van der Waals surface area contributed by atoms with Crippen LogP contribution in [0.15, 0.2) is 17.5 Å². The van der Waals surface area contributed by atoms with E-state index in [1.807, 2.05) is 0 Å². The summed E-state index contributed by atoms with van der Waals surface area (Å²) in [5.41, 5.74) is -5.33. The van der Waals surface area contributed by atoms with Crippen LogP contribution in [0.5, 0.6) is 0 Å². The van der Waals surface area contributed by atoms with E-state index < -0.39 is 22.1 Å². The van der Waals surface area contributed by atoms with Crippen molar-refractivity contribution in [3.63, 3.8) is 0 Å². The molecule has 0 aliphatic carbocycles. The molecule has 134 valence electrons. The zero-order valence-electron chi connectivity index (χ0n) is 12.2. The molecule has 1 N–H and O–H groups in total. The first-order valence-corrected chi connectivity index (χ1v) is 7.38. The fourth-order valence-electron chi connectivity index (χ4n) is 1.51. The minimum absolute atomic E-state index is 0. The number of imidazole rings is 1. The zero-order valence-corrected chi connectivity index (χ0v) is 13.8. The van der Waals surface area contributed by atoms with Gasteiger partial charge in [-0.1, -0.05) is 5.16 Å². The molecule has 0 amide bonds. The monoisotopic (exact) mass is 380 g/mol. The maximum absolute atomic E-state index is 12.3. The highest BCUT2D eigenvalue weighted by Crippen LogP contribution is 2.25. The second-order valence-electron chi connectivity index (χ2n) is 4.29. The summed E-state index contributed by atoms with van der Waals surface area (Å²) in [6, 6.07) is 0. The van der Waals surface area contributed by atoms with Crippen LogP contribution in [0, 0.1) is 0 Å². The second-order valence-corrected chi connectivity index (χ2v) is 6.33. The van der Waals surface area contributed by atoms with E-state index in [1.165, 1.54) is 4.57 Å². The lowest BCUT2D eigenvalue weighted by Crippen LogP contribution is -3.00. The fourth-order valence-corrected chi connectivity index (χ4v) is 2.18. The third-order valence-corrected chi connectivity index (χ3v) is 4.37. The molecule has 0 radical (unpaired) electrons. The fraction of sp³-hybridized carbons (Fsp3) is 0.600. The van der Waals surface area contributed by atoms with Gasteiger partial charge in [0, 0.05) is 13.6 Å². The van der Waals surface area contributed by atoms with Crippen LogP contribution in [-0.4, -0.2) is 54.4 Å². The molecule has 1 aromatic heterocycles. The number of hydrogen-bond donors (Lipinski definition) is 1. The Morgan fingerprint density at radius 2 is 2.13 bits per heavy atom. The topological polar surface area (TPSA) is 88.0 Å². The summed E-state index contributed by atoms with van der Waals surface area (Å²) in [4.78, 5) is 0. The Balaban J connectivity index is 0.00000484. The number of aryl methyl sites for hydroxylation is 1. The SMILES string of the molecule is CN(CCOCn1cc[n+](C)c1/C=N/O)S(=O)(=O)C(F)(F)F.[Cl-]. The average Bonchev–Trinajstić information content (AvgIpc) is 2.75. The van der Waals surface area contributed by atoms with E-state index >= 15 is 0 Å². The van der Waals surface area contributed by atoms with Crippen molar-refractivity contribution in [3.8, 4) is 0 Å². The summed E-state index contributed by atoms with van der Waals surface area (Å²) in [5.74, 6) is 0.485. The maximum atomic E-state index is 12.3. The zero-order chi connectivity index (χ0) is 17.0. The van der Waals surface area contributed by atoms with Crippen molar-refractivity contribution in [2.24, 2.45) is 12.2 Å². The van der Waals surface area contributed by atoms with Gasteiger partial charge in [0.1, 0.15) is 12.4 Å². The maximum Gasteiger partial charge on any atom is 0.511 e. The van der Waals surface area contributed by atoms with Gasteiger partial charge in [-0.2, -0.15) is 17.5 Å². The third-order valence-electron chi connectivity index (χ3n) is 2.78. The van der Waals surface area contributed by atoms with Crippen molar-refractivity contribution in [2.45, 2.75) is 12.2 Å². The molecule has 0 spiro atoms. The van der Waals surface area contributed by atoms with E-state index in [-0.39, 0.29) is 30.0 Å². The largest absolute Gasteiger partial charge is 1.00 e. The van der Waals surface area contributed by atoms with Gasteiger partial charge >= 0.3 is 21.4 Å². The summed E-state index contributed by atoms with van der Waals surface area (Å²) in [6.45, 7) is -0.718. The van der Waals surface area contributed by atoms with Crippen molar-refractivity contribution in [1.29, 1.82) is 0 Å². The van der Waals surface area contributed by atoms with Crippen LogP contribution in [0.4, 0.5) is 13.2 Å². The van der Waals surface area contributed by atoms with Crippen LogP contribution in [0.25, 0.3) is 0 Å². The molecule has 0 saturated carbocycles. The lowest BCUT2D eigenvalue weighted by atomic mass is 10.6. The second kappa shape index (κ2) is 8.47. The predicted molar refractivity (Wildman–Crippen MR) is 68.5 cm³/mol. The number of rotatable bonds is 7. The number of halogens is 4. The Morgan fingerprint density at radius 3 is 2.65 bits per heavy atom. The first-order chi connectivity index (χ1) is 10.1. The Morgan fingerprint density at radius 1 is 1.52 bits per heavy atom. The van der Waals surface area contributed by atoms with E-state index in [2.05, 4.69) is 5.16 Å². The van der Waals surface area contributed by atoms with Gasteiger partial charge in [-0.25, -0.2) is 17.6 Å². The standard InChI is InChI=1S/C10H15F3N4O4S.ClH/c1-15-3-4-17(9(15)7-14-18)8-21-6-5-16(2)22(19,20)10(11,12)13;/h3-4,7H,5-6,8H2,1-2H3;1H. The van der Waals surface area contributed by atoms with Gasteiger partial charge in [0.25, 0.3) is 0 Å². The van der Waals surface area contributed by atoms with Crippen molar-refractivity contribution in [3.05, 3.63) is 18.2 Å². The predicted octanol–water partition coefficient (Wildman–Crippen LogP) is -3.12. The molecule has 0 saturated heterocycles. The van der Waals surface area contributed by atoms with E-state index in [0.717, 1.165) is 13.3 Å². The molecular weight excluding hydrogens is 365 g/mol. The number of likely N-dealkylation sites (N-methyl/N-ethyl adjacent to an activating group) is 1. The Bertz CT molecular complexity index is 633. The van der Waals surface area contributed by atoms with E-state index in [4.69, 9.17) is 9.94 Å². The molecule has 1 aromatic rings. The summed E-state index contributed by atoms with van der Waals surface area (Å²) < 4.78 is 67.4. The average molecular weight is 381 g/mol. The van der Waals surface area contributed by atoms with Crippen LogP contribution >= 0.6 is 0 Å². The van der Waals surface area contributed by atoms with E-state index in [0.29, 0.717) is 5.82 Å². The van der Waals surface area contributed by atoms with Gasteiger partial charge < -0.3 is 22.4 Å². The number of aromatic nitrogens is 2. The highest BCUT2D eigenvalue weighted by molar-refractivity contribution is 7.89. The van der Waals surface area contributed by atoms with Crippen LogP contribution in [0.3, 0.4) is 0 Å². The highest BCUT2D eigenvalue weighted by Gasteiger charge is 2.48. The van der Waals surface area contributed by atoms with Gasteiger partial charge in [-0.15, -0.1) is 0 Å². The molecule has 1 rings (SSSR count). The summed E-state index contributed by atoms with van der Waals surface area (Å²) in [7, 11) is -2.83. The number of sulfonamides is 1. The molecule has 0 aliphatic rings.